The van der Waals surface area contributed by atoms with Crippen molar-refractivity contribution in [3.05, 3.63) is 58.6 Å². The Kier molecular flexibility index (Phi) is 4.04. The largest absolute Gasteiger partial charge is 0.545 e. The van der Waals surface area contributed by atoms with E-state index in [0.717, 1.165) is 17.1 Å². The second-order valence-corrected chi connectivity index (χ2v) is 5.51. The number of nitrogens with zero attached hydrogens (tertiary/aromatic N) is 2. The molecule has 0 unspecified atom stereocenters. The number of aromatic nitrogens is 2. The van der Waals surface area contributed by atoms with Crippen LogP contribution in [0.4, 0.5) is 5.69 Å². The van der Waals surface area contributed by atoms with E-state index in [1.807, 2.05) is 19.9 Å². The lowest BCUT2D eigenvalue weighted by Crippen LogP contribution is -2.23. The molecule has 122 valence electrons. The Labute approximate surface area is 138 Å². The van der Waals surface area contributed by atoms with E-state index < -0.39 is 5.97 Å². The first-order valence-electron chi connectivity index (χ1n) is 7.44. The van der Waals surface area contributed by atoms with E-state index in [0.29, 0.717) is 22.6 Å². The maximum atomic E-state index is 11.1. The SMILES string of the molecule is Cc1n[nH]c(C)c1N=Cc1ccc(-c2cccc(C(=O)[O-])c2C)o1. The number of rotatable bonds is 4. The number of benzene rings is 1. The van der Waals surface area contributed by atoms with Crippen LogP contribution in [-0.4, -0.2) is 22.4 Å². The summed E-state index contributed by atoms with van der Waals surface area (Å²) in [6, 6.07) is 8.57. The number of hydrogen-bond donors (Lipinski definition) is 1. The van der Waals surface area contributed by atoms with E-state index in [2.05, 4.69) is 15.2 Å². The molecule has 0 aliphatic heterocycles. The molecule has 0 atom stereocenters. The Morgan fingerprint density at radius 1 is 1.25 bits per heavy atom. The van der Waals surface area contributed by atoms with Gasteiger partial charge in [-0.3, -0.25) is 5.10 Å². The monoisotopic (exact) mass is 322 g/mol. The molecular formula is C18H16N3O3-. The van der Waals surface area contributed by atoms with Gasteiger partial charge in [-0.25, -0.2) is 4.99 Å². The van der Waals surface area contributed by atoms with E-state index in [9.17, 15) is 9.90 Å². The summed E-state index contributed by atoms with van der Waals surface area (Å²) in [4.78, 5) is 15.5. The quantitative estimate of drug-likeness (QED) is 0.747. The molecule has 1 aromatic carbocycles. The molecule has 6 nitrogen and oxygen atoms in total. The second-order valence-electron chi connectivity index (χ2n) is 5.51. The van der Waals surface area contributed by atoms with Gasteiger partial charge in [-0.15, -0.1) is 0 Å². The smallest absolute Gasteiger partial charge is 0.145 e. The summed E-state index contributed by atoms with van der Waals surface area (Å²) in [6.07, 6.45) is 1.62. The van der Waals surface area contributed by atoms with Gasteiger partial charge in [-0.1, -0.05) is 18.2 Å². The molecular weight excluding hydrogens is 306 g/mol. The molecule has 1 N–H and O–H groups in total. The van der Waals surface area contributed by atoms with Crippen LogP contribution in [0.25, 0.3) is 11.3 Å². The van der Waals surface area contributed by atoms with Gasteiger partial charge < -0.3 is 14.3 Å². The van der Waals surface area contributed by atoms with Crippen molar-refractivity contribution in [3.8, 4) is 11.3 Å². The first kappa shape index (κ1) is 15.7. The number of carboxylic acids is 1. The fourth-order valence-corrected chi connectivity index (χ4v) is 2.55. The van der Waals surface area contributed by atoms with Crippen molar-refractivity contribution in [2.24, 2.45) is 4.99 Å². The highest BCUT2D eigenvalue weighted by molar-refractivity contribution is 5.90. The zero-order valence-electron chi connectivity index (χ0n) is 13.6. The van der Waals surface area contributed by atoms with Crippen LogP contribution in [0.1, 0.15) is 33.1 Å². The van der Waals surface area contributed by atoms with Gasteiger partial charge in [0.15, 0.2) is 0 Å². The number of carbonyl (C=O) groups excluding carboxylic acids is 1. The van der Waals surface area contributed by atoms with Crippen molar-refractivity contribution in [1.29, 1.82) is 0 Å². The van der Waals surface area contributed by atoms with Gasteiger partial charge in [0.05, 0.1) is 23.6 Å². The Hall–Kier alpha value is -3.15. The highest BCUT2D eigenvalue weighted by atomic mass is 16.4. The number of aromatic amines is 1. The van der Waals surface area contributed by atoms with Crippen LogP contribution in [0.3, 0.4) is 0 Å². The molecule has 3 rings (SSSR count). The molecule has 0 fully saturated rings. The van der Waals surface area contributed by atoms with Crippen molar-refractivity contribution >= 4 is 17.9 Å². The number of furan rings is 1. The molecule has 0 aliphatic rings. The molecule has 0 aliphatic carbocycles. The predicted molar refractivity (Wildman–Crippen MR) is 88.5 cm³/mol. The minimum atomic E-state index is -1.20. The molecule has 3 aromatic rings. The summed E-state index contributed by atoms with van der Waals surface area (Å²) < 4.78 is 5.77. The van der Waals surface area contributed by atoms with E-state index in [1.165, 1.54) is 6.07 Å². The maximum Gasteiger partial charge on any atom is 0.145 e. The maximum absolute atomic E-state index is 11.1. The summed E-state index contributed by atoms with van der Waals surface area (Å²) in [5, 5.41) is 18.1. The van der Waals surface area contributed by atoms with E-state index in [4.69, 9.17) is 4.42 Å². The fraction of sp³-hybridized carbons (Fsp3) is 0.167. The third-order valence-electron chi connectivity index (χ3n) is 3.86. The van der Waals surface area contributed by atoms with Gasteiger partial charge in [0.1, 0.15) is 17.2 Å². The molecule has 0 saturated carbocycles. The summed E-state index contributed by atoms with van der Waals surface area (Å²) in [6.45, 7) is 5.50. The van der Waals surface area contributed by atoms with Crippen LogP contribution in [0, 0.1) is 20.8 Å². The molecule has 0 radical (unpaired) electrons. The minimum absolute atomic E-state index is 0.156. The lowest BCUT2D eigenvalue weighted by atomic mass is 10.0. The lowest BCUT2D eigenvalue weighted by molar-refractivity contribution is -0.255. The molecule has 0 amide bonds. The average molecular weight is 322 g/mol. The van der Waals surface area contributed by atoms with Crippen molar-refractivity contribution < 1.29 is 14.3 Å². The number of aryl methyl sites for hydroxylation is 2. The zero-order chi connectivity index (χ0) is 17.3. The molecule has 24 heavy (non-hydrogen) atoms. The van der Waals surface area contributed by atoms with Crippen molar-refractivity contribution in [2.45, 2.75) is 20.8 Å². The molecule has 0 spiro atoms. The Morgan fingerprint density at radius 3 is 2.71 bits per heavy atom. The number of nitrogens with one attached hydrogen (secondary N) is 1. The Balaban J connectivity index is 1.92. The van der Waals surface area contributed by atoms with E-state index >= 15 is 0 Å². The highest BCUT2D eigenvalue weighted by Crippen LogP contribution is 2.27. The van der Waals surface area contributed by atoms with Crippen LogP contribution < -0.4 is 5.11 Å². The summed E-state index contributed by atoms with van der Waals surface area (Å²) in [7, 11) is 0. The molecule has 6 heteroatoms. The van der Waals surface area contributed by atoms with Gasteiger partial charge >= 0.3 is 0 Å². The number of aliphatic imine (C=N–C) groups is 1. The van der Waals surface area contributed by atoms with Gasteiger partial charge in [0, 0.05) is 11.1 Å². The topological polar surface area (TPSA) is 94.3 Å². The average Bonchev–Trinajstić information content (AvgIpc) is 3.13. The van der Waals surface area contributed by atoms with Crippen molar-refractivity contribution in [3.63, 3.8) is 0 Å². The lowest BCUT2D eigenvalue weighted by Gasteiger charge is -2.10. The second kappa shape index (κ2) is 6.16. The predicted octanol–water partition coefficient (Wildman–Crippen LogP) is 2.71. The fourth-order valence-electron chi connectivity index (χ4n) is 2.55. The number of aromatic carboxylic acids is 1. The normalized spacial score (nSPS) is 11.3. The van der Waals surface area contributed by atoms with Gasteiger partial charge in [-0.05, 0) is 38.5 Å². The first-order valence-corrected chi connectivity index (χ1v) is 7.44. The van der Waals surface area contributed by atoms with E-state index in [1.54, 1.807) is 31.3 Å². The van der Waals surface area contributed by atoms with Crippen LogP contribution in [0.5, 0.6) is 0 Å². The number of H-pyrrole nitrogens is 1. The van der Waals surface area contributed by atoms with Crippen LogP contribution in [0.2, 0.25) is 0 Å². The standard InChI is InChI=1S/C18H17N3O3/c1-10-14(5-4-6-15(10)18(22)23)16-8-7-13(24-16)9-19-17-11(2)20-21-12(17)3/h4-9H,1-3H3,(H,20,21)(H,22,23)/p-1. The van der Waals surface area contributed by atoms with Crippen LogP contribution >= 0.6 is 0 Å². The Bertz CT molecular complexity index is 915. The van der Waals surface area contributed by atoms with Gasteiger partial charge in [0.25, 0.3) is 0 Å². The van der Waals surface area contributed by atoms with Gasteiger partial charge in [0.2, 0.25) is 0 Å². The number of carbonyl (C=O) groups is 1. The summed E-state index contributed by atoms with van der Waals surface area (Å²) in [5.41, 5.74) is 3.96. The minimum Gasteiger partial charge on any atom is -0.545 e. The third-order valence-corrected chi connectivity index (χ3v) is 3.86. The van der Waals surface area contributed by atoms with Crippen molar-refractivity contribution in [1.82, 2.24) is 10.2 Å². The van der Waals surface area contributed by atoms with Gasteiger partial charge in [-0.2, -0.15) is 5.10 Å². The third kappa shape index (κ3) is 2.86. The first-order chi connectivity index (χ1) is 11.5. The molecule has 2 aromatic heterocycles. The molecule has 0 saturated heterocycles. The van der Waals surface area contributed by atoms with Crippen LogP contribution in [0.15, 0.2) is 39.7 Å². The number of carboxylic acid groups (broad SMARTS) is 1. The summed E-state index contributed by atoms with van der Waals surface area (Å²) in [5.74, 6) is -0.0467. The zero-order valence-corrected chi connectivity index (χ0v) is 13.6. The van der Waals surface area contributed by atoms with Crippen LogP contribution in [-0.2, 0) is 0 Å². The highest BCUT2D eigenvalue weighted by Gasteiger charge is 2.10. The Morgan fingerprint density at radius 2 is 2.04 bits per heavy atom. The number of hydrogen-bond acceptors (Lipinski definition) is 5. The molecule has 2 heterocycles. The molecule has 0 bridgehead atoms. The van der Waals surface area contributed by atoms with E-state index in [-0.39, 0.29) is 5.56 Å². The summed E-state index contributed by atoms with van der Waals surface area (Å²) >= 11 is 0. The van der Waals surface area contributed by atoms with Crippen molar-refractivity contribution in [2.75, 3.05) is 0 Å².